The zero-order valence-corrected chi connectivity index (χ0v) is 16.8. The molecule has 0 radical (unpaired) electrons. The Morgan fingerprint density at radius 2 is 1.11 bits per heavy atom. The molecule has 0 aliphatic heterocycles. The van der Waals surface area contributed by atoms with Crippen molar-refractivity contribution in [2.45, 2.75) is 38.8 Å². The highest BCUT2D eigenvalue weighted by Gasteiger charge is 2.10. The SMILES string of the molecule is C[C@H](NC(=O)CCSCCC(=O)N[C@H](C)c1ccccc1)c1ccccc1. The minimum atomic E-state index is 0.00829. The molecule has 2 aromatic rings. The summed E-state index contributed by atoms with van der Waals surface area (Å²) < 4.78 is 0. The van der Waals surface area contributed by atoms with E-state index in [1.807, 2.05) is 74.5 Å². The first-order valence-corrected chi connectivity index (χ1v) is 10.5. The fourth-order valence-corrected chi connectivity index (χ4v) is 3.57. The van der Waals surface area contributed by atoms with Crippen LogP contribution in [-0.4, -0.2) is 23.3 Å². The Balaban J connectivity index is 1.57. The molecule has 2 amide bonds. The van der Waals surface area contributed by atoms with Crippen LogP contribution in [0, 0.1) is 0 Å². The summed E-state index contributed by atoms with van der Waals surface area (Å²) >= 11 is 1.63. The molecule has 0 aromatic heterocycles. The molecule has 0 bridgehead atoms. The second-order valence-corrected chi connectivity index (χ2v) is 7.74. The average molecular weight is 385 g/mol. The van der Waals surface area contributed by atoms with Crippen molar-refractivity contribution >= 4 is 23.6 Å². The Morgan fingerprint density at radius 3 is 1.48 bits per heavy atom. The molecular formula is C22H28N2O2S. The highest BCUT2D eigenvalue weighted by Crippen LogP contribution is 2.13. The third-order valence-electron chi connectivity index (χ3n) is 4.30. The fraction of sp³-hybridized carbons (Fsp3) is 0.364. The van der Waals surface area contributed by atoms with Crippen LogP contribution in [0.1, 0.15) is 49.9 Å². The van der Waals surface area contributed by atoms with Crippen LogP contribution in [0.3, 0.4) is 0 Å². The van der Waals surface area contributed by atoms with Crippen LogP contribution in [0.25, 0.3) is 0 Å². The van der Waals surface area contributed by atoms with Gasteiger partial charge in [-0.25, -0.2) is 0 Å². The maximum atomic E-state index is 12.0. The van der Waals surface area contributed by atoms with Crippen LogP contribution in [0.15, 0.2) is 60.7 Å². The number of benzene rings is 2. The number of amides is 2. The van der Waals surface area contributed by atoms with Crippen LogP contribution in [-0.2, 0) is 9.59 Å². The molecule has 2 aromatic carbocycles. The van der Waals surface area contributed by atoms with Crippen molar-refractivity contribution in [1.29, 1.82) is 0 Å². The third-order valence-corrected chi connectivity index (χ3v) is 5.29. The molecule has 0 fully saturated rings. The summed E-state index contributed by atoms with van der Waals surface area (Å²) in [6, 6.07) is 19.9. The van der Waals surface area contributed by atoms with Gasteiger partial charge in [-0.3, -0.25) is 9.59 Å². The second-order valence-electron chi connectivity index (χ2n) is 6.51. The molecule has 0 spiro atoms. The van der Waals surface area contributed by atoms with E-state index in [-0.39, 0.29) is 23.9 Å². The van der Waals surface area contributed by atoms with Crippen molar-refractivity contribution < 1.29 is 9.59 Å². The molecule has 2 rings (SSSR count). The maximum Gasteiger partial charge on any atom is 0.221 e. The first kappa shape index (κ1) is 21.0. The van der Waals surface area contributed by atoms with Gasteiger partial charge in [0.2, 0.25) is 11.8 Å². The molecule has 27 heavy (non-hydrogen) atoms. The number of nitrogens with one attached hydrogen (secondary N) is 2. The lowest BCUT2D eigenvalue weighted by molar-refractivity contribution is -0.122. The molecule has 0 aliphatic carbocycles. The van der Waals surface area contributed by atoms with Crippen LogP contribution >= 0.6 is 11.8 Å². The number of carbonyl (C=O) groups excluding carboxylic acids is 2. The Kier molecular flexibility index (Phi) is 8.92. The van der Waals surface area contributed by atoms with Crippen LogP contribution in [0.4, 0.5) is 0 Å². The van der Waals surface area contributed by atoms with E-state index < -0.39 is 0 Å². The number of rotatable bonds is 10. The Hall–Kier alpha value is -2.27. The van der Waals surface area contributed by atoms with Crippen molar-refractivity contribution in [3.8, 4) is 0 Å². The highest BCUT2D eigenvalue weighted by molar-refractivity contribution is 7.99. The van der Waals surface area contributed by atoms with Gasteiger partial charge in [-0.05, 0) is 25.0 Å². The molecular weight excluding hydrogens is 356 g/mol. The van der Waals surface area contributed by atoms with E-state index in [0.29, 0.717) is 12.8 Å². The Bertz CT molecular complexity index is 645. The molecule has 144 valence electrons. The zero-order valence-electron chi connectivity index (χ0n) is 16.0. The highest BCUT2D eigenvalue weighted by atomic mass is 32.2. The maximum absolute atomic E-state index is 12.0. The van der Waals surface area contributed by atoms with E-state index in [1.165, 1.54) is 0 Å². The van der Waals surface area contributed by atoms with Crippen molar-refractivity contribution in [1.82, 2.24) is 10.6 Å². The number of carbonyl (C=O) groups is 2. The summed E-state index contributed by atoms with van der Waals surface area (Å²) in [6.07, 6.45) is 0.924. The van der Waals surface area contributed by atoms with Crippen LogP contribution < -0.4 is 10.6 Å². The lowest BCUT2D eigenvalue weighted by Crippen LogP contribution is -2.27. The molecule has 0 saturated carbocycles. The molecule has 5 heteroatoms. The number of hydrogen-bond acceptors (Lipinski definition) is 3. The Morgan fingerprint density at radius 1 is 0.741 bits per heavy atom. The summed E-state index contributed by atoms with van der Waals surface area (Å²) in [7, 11) is 0. The second kappa shape index (κ2) is 11.4. The lowest BCUT2D eigenvalue weighted by atomic mass is 10.1. The van der Waals surface area contributed by atoms with Crippen molar-refractivity contribution in [3.05, 3.63) is 71.8 Å². The van der Waals surface area contributed by atoms with Gasteiger partial charge in [0.15, 0.2) is 0 Å². The monoisotopic (exact) mass is 384 g/mol. The minimum absolute atomic E-state index is 0.00829. The topological polar surface area (TPSA) is 58.2 Å². The summed E-state index contributed by atoms with van der Waals surface area (Å²) in [5, 5.41) is 6.02. The van der Waals surface area contributed by atoms with Crippen LogP contribution in [0.5, 0.6) is 0 Å². The van der Waals surface area contributed by atoms with Gasteiger partial charge in [-0.1, -0.05) is 60.7 Å². The predicted molar refractivity (Wildman–Crippen MR) is 113 cm³/mol. The summed E-state index contributed by atoms with van der Waals surface area (Å²) in [5.74, 6) is 1.52. The largest absolute Gasteiger partial charge is 0.350 e. The van der Waals surface area contributed by atoms with Gasteiger partial charge >= 0.3 is 0 Å². The van der Waals surface area contributed by atoms with E-state index >= 15 is 0 Å². The van der Waals surface area contributed by atoms with Gasteiger partial charge in [-0.2, -0.15) is 11.8 Å². The normalized spacial score (nSPS) is 12.8. The molecule has 2 N–H and O–H groups in total. The smallest absolute Gasteiger partial charge is 0.221 e. The van der Waals surface area contributed by atoms with Gasteiger partial charge < -0.3 is 10.6 Å². The molecule has 0 aliphatic rings. The molecule has 2 atom stereocenters. The third kappa shape index (κ3) is 7.87. The van der Waals surface area contributed by atoms with Crippen molar-refractivity contribution in [2.75, 3.05) is 11.5 Å². The molecule has 0 unspecified atom stereocenters. The van der Waals surface area contributed by atoms with E-state index in [4.69, 9.17) is 0 Å². The Labute approximate surface area is 166 Å². The van der Waals surface area contributed by atoms with Gasteiger partial charge in [-0.15, -0.1) is 0 Å². The van der Waals surface area contributed by atoms with Gasteiger partial charge in [0.1, 0.15) is 0 Å². The first-order valence-electron chi connectivity index (χ1n) is 9.32. The van der Waals surface area contributed by atoms with E-state index in [9.17, 15) is 9.59 Å². The van der Waals surface area contributed by atoms with Gasteiger partial charge in [0, 0.05) is 24.3 Å². The summed E-state index contributed by atoms with van der Waals surface area (Å²) in [5.41, 5.74) is 2.20. The summed E-state index contributed by atoms with van der Waals surface area (Å²) in [4.78, 5) is 24.0. The molecule has 0 heterocycles. The van der Waals surface area contributed by atoms with Crippen molar-refractivity contribution in [3.63, 3.8) is 0 Å². The van der Waals surface area contributed by atoms with Crippen LogP contribution in [0.2, 0.25) is 0 Å². The minimum Gasteiger partial charge on any atom is -0.350 e. The summed E-state index contributed by atoms with van der Waals surface area (Å²) in [6.45, 7) is 3.97. The number of thioether (sulfide) groups is 1. The predicted octanol–water partition coefficient (Wildman–Crippen LogP) is 4.25. The average Bonchev–Trinajstić information content (AvgIpc) is 2.69. The van der Waals surface area contributed by atoms with E-state index in [0.717, 1.165) is 22.6 Å². The first-order chi connectivity index (χ1) is 13.1. The zero-order chi connectivity index (χ0) is 19.5. The van der Waals surface area contributed by atoms with E-state index in [2.05, 4.69) is 10.6 Å². The molecule has 0 saturated heterocycles. The fourth-order valence-electron chi connectivity index (χ4n) is 2.71. The quantitative estimate of drug-likeness (QED) is 0.602. The van der Waals surface area contributed by atoms with Crippen molar-refractivity contribution in [2.24, 2.45) is 0 Å². The number of hydrogen-bond donors (Lipinski definition) is 2. The van der Waals surface area contributed by atoms with Gasteiger partial charge in [0.25, 0.3) is 0 Å². The standard InChI is InChI=1S/C22H28N2O2S/c1-17(19-9-5-3-6-10-19)23-21(25)13-15-27-16-14-22(26)24-18(2)20-11-7-4-8-12-20/h3-12,17-18H,13-16H2,1-2H3,(H,23,25)(H,24,26)/t17-,18+. The van der Waals surface area contributed by atoms with E-state index in [1.54, 1.807) is 11.8 Å². The lowest BCUT2D eigenvalue weighted by Gasteiger charge is -2.15. The molecule has 4 nitrogen and oxygen atoms in total. The van der Waals surface area contributed by atoms with Gasteiger partial charge in [0.05, 0.1) is 12.1 Å².